The van der Waals surface area contributed by atoms with Gasteiger partial charge in [-0.3, -0.25) is 24.6 Å². The fraction of sp³-hybridized carbons (Fsp3) is 0.261. The Morgan fingerprint density at radius 3 is 2.70 bits per heavy atom. The molecule has 1 aliphatic heterocycles. The van der Waals surface area contributed by atoms with E-state index < -0.39 is 35.1 Å². The number of carbonyl (C=O) groups excluding carboxylic acids is 1. The van der Waals surface area contributed by atoms with Crippen molar-refractivity contribution in [3.8, 4) is 23.3 Å². The molecule has 2 unspecified atom stereocenters. The van der Waals surface area contributed by atoms with Crippen molar-refractivity contribution < 1.29 is 27.4 Å². The number of hydrogen-bond donors (Lipinski definition) is 2. The van der Waals surface area contributed by atoms with Gasteiger partial charge in [0.15, 0.2) is 5.69 Å². The molecule has 3 aromatic rings. The van der Waals surface area contributed by atoms with Crippen LogP contribution in [0.5, 0.6) is 17.2 Å². The number of methoxy groups -OCH3 is 1. The van der Waals surface area contributed by atoms with Crippen LogP contribution < -0.4 is 25.9 Å². The van der Waals surface area contributed by atoms with Crippen LogP contribution >= 0.6 is 11.6 Å². The molecule has 2 N–H and O–H groups in total. The summed E-state index contributed by atoms with van der Waals surface area (Å²) in [5.74, 6) is -1.86. The van der Waals surface area contributed by atoms with E-state index in [4.69, 9.17) is 26.3 Å². The highest BCUT2D eigenvalue weighted by Gasteiger charge is 2.39. The van der Waals surface area contributed by atoms with Gasteiger partial charge in [0, 0.05) is 23.8 Å². The van der Waals surface area contributed by atoms with E-state index in [-0.39, 0.29) is 35.2 Å². The highest BCUT2D eigenvalue weighted by atomic mass is 35.5. The highest BCUT2D eigenvalue weighted by Crippen LogP contribution is 2.35. The molecule has 3 heterocycles. The van der Waals surface area contributed by atoms with Crippen molar-refractivity contribution in [3.63, 3.8) is 0 Å². The minimum absolute atomic E-state index is 0.0282. The SMILES string of the molecule is COc1cncc(C2CC(Cn3cnc(C(F)(F)F)c(Oc4cc(Cl)cc(C#N)c4)c3=O)NNC2=O)c1. The van der Waals surface area contributed by atoms with Gasteiger partial charge in [-0.1, -0.05) is 11.6 Å². The molecule has 1 aliphatic rings. The second kappa shape index (κ2) is 10.5. The fourth-order valence-electron chi connectivity index (χ4n) is 3.79. The van der Waals surface area contributed by atoms with Crippen LogP contribution in [0.25, 0.3) is 0 Å². The van der Waals surface area contributed by atoms with E-state index in [1.165, 1.54) is 31.6 Å². The van der Waals surface area contributed by atoms with Crippen LogP contribution in [0.4, 0.5) is 13.2 Å². The van der Waals surface area contributed by atoms with Crippen LogP contribution in [-0.2, 0) is 17.5 Å². The number of rotatable bonds is 6. The lowest BCUT2D eigenvalue weighted by molar-refractivity contribution is -0.142. The molecule has 0 bridgehead atoms. The number of ether oxygens (including phenoxy) is 2. The summed E-state index contributed by atoms with van der Waals surface area (Å²) in [6.07, 6.45) is -1.05. The number of amides is 1. The quantitative estimate of drug-likeness (QED) is 0.493. The number of hydrogen-bond acceptors (Lipinski definition) is 8. The number of nitriles is 1. The maximum absolute atomic E-state index is 13.6. The van der Waals surface area contributed by atoms with Crippen LogP contribution in [-0.4, -0.2) is 33.6 Å². The Labute approximate surface area is 212 Å². The number of benzene rings is 1. The van der Waals surface area contributed by atoms with Crippen molar-refractivity contribution >= 4 is 17.5 Å². The second-order valence-corrected chi connectivity index (χ2v) is 8.48. The molecule has 2 aromatic heterocycles. The molecular formula is C23H18ClF3N6O4. The van der Waals surface area contributed by atoms with Gasteiger partial charge in [-0.25, -0.2) is 10.4 Å². The lowest BCUT2D eigenvalue weighted by Crippen LogP contribution is -2.54. The summed E-state index contributed by atoms with van der Waals surface area (Å²) in [7, 11) is 1.46. The molecule has 0 saturated carbocycles. The number of aromatic nitrogens is 3. The molecule has 10 nitrogen and oxygen atoms in total. The number of halogens is 4. The number of alkyl halides is 3. The van der Waals surface area contributed by atoms with E-state index in [2.05, 4.69) is 20.8 Å². The van der Waals surface area contributed by atoms with Crippen molar-refractivity contribution in [2.75, 3.05) is 7.11 Å². The monoisotopic (exact) mass is 534 g/mol. The van der Waals surface area contributed by atoms with E-state index in [9.17, 15) is 22.8 Å². The highest BCUT2D eigenvalue weighted by molar-refractivity contribution is 6.30. The van der Waals surface area contributed by atoms with Gasteiger partial charge in [0.25, 0.3) is 5.56 Å². The summed E-state index contributed by atoms with van der Waals surface area (Å²) in [5.41, 5.74) is 3.23. The maximum atomic E-state index is 13.6. The Morgan fingerprint density at radius 2 is 2.00 bits per heavy atom. The topological polar surface area (TPSA) is 131 Å². The lowest BCUT2D eigenvalue weighted by Gasteiger charge is -2.30. The standard InChI is InChI=1S/C23H18ClF3N6O4/c1-36-17-4-13(8-29-9-17)18-6-15(31-32-21(18)34)10-33-11-30-20(23(25,26)27)19(22(33)35)37-16-3-12(7-28)2-14(24)5-16/h2-5,8-9,11,15,18,31H,6,10H2,1H3,(H,32,34). The molecule has 2 atom stereocenters. The molecule has 1 fully saturated rings. The summed E-state index contributed by atoms with van der Waals surface area (Å²) >= 11 is 5.91. The third-order valence-electron chi connectivity index (χ3n) is 5.51. The zero-order valence-electron chi connectivity index (χ0n) is 19.0. The van der Waals surface area contributed by atoms with Crippen LogP contribution in [0.2, 0.25) is 5.02 Å². The third-order valence-corrected chi connectivity index (χ3v) is 5.73. The number of carbonyl (C=O) groups is 1. The first kappa shape index (κ1) is 25.9. The van der Waals surface area contributed by atoms with Gasteiger partial charge in [-0.2, -0.15) is 18.4 Å². The van der Waals surface area contributed by atoms with Crippen LogP contribution in [0.15, 0.2) is 47.8 Å². The van der Waals surface area contributed by atoms with Gasteiger partial charge in [-0.05, 0) is 36.2 Å². The third kappa shape index (κ3) is 5.82. The number of nitrogens with zero attached hydrogens (tertiary/aromatic N) is 4. The molecular weight excluding hydrogens is 517 g/mol. The largest absolute Gasteiger partial charge is 0.495 e. The summed E-state index contributed by atoms with van der Waals surface area (Å²) in [5, 5.41) is 9.13. The Morgan fingerprint density at radius 1 is 1.22 bits per heavy atom. The smallest absolute Gasteiger partial charge is 0.437 e. The van der Waals surface area contributed by atoms with E-state index >= 15 is 0 Å². The predicted molar refractivity (Wildman–Crippen MR) is 123 cm³/mol. The summed E-state index contributed by atoms with van der Waals surface area (Å²) in [6, 6.07) is 6.50. The van der Waals surface area contributed by atoms with Crippen molar-refractivity contribution in [1.29, 1.82) is 5.26 Å². The van der Waals surface area contributed by atoms with E-state index in [0.717, 1.165) is 17.0 Å². The molecule has 0 radical (unpaired) electrons. The van der Waals surface area contributed by atoms with Gasteiger partial charge in [-0.15, -0.1) is 0 Å². The van der Waals surface area contributed by atoms with Gasteiger partial charge < -0.3 is 9.47 Å². The molecule has 192 valence electrons. The molecule has 0 spiro atoms. The predicted octanol–water partition coefficient (Wildman–Crippen LogP) is 3.16. The Kier molecular flexibility index (Phi) is 7.33. The minimum atomic E-state index is -4.99. The number of pyridine rings is 1. The molecule has 37 heavy (non-hydrogen) atoms. The lowest BCUT2D eigenvalue weighted by atomic mass is 9.91. The second-order valence-electron chi connectivity index (χ2n) is 8.04. The molecule has 1 aromatic carbocycles. The van der Waals surface area contributed by atoms with Crippen LogP contribution in [0.1, 0.15) is 29.2 Å². The average Bonchev–Trinajstić information content (AvgIpc) is 2.86. The number of nitrogens with one attached hydrogen (secondary N) is 2. The van der Waals surface area contributed by atoms with Crippen LogP contribution in [0, 0.1) is 11.3 Å². The summed E-state index contributed by atoms with van der Waals surface area (Å²) in [6.45, 7) is -0.145. The Bertz CT molecular complexity index is 1440. The van der Waals surface area contributed by atoms with Gasteiger partial charge >= 0.3 is 6.18 Å². The first-order chi connectivity index (χ1) is 17.6. The van der Waals surface area contributed by atoms with Crippen molar-refractivity contribution in [2.24, 2.45) is 0 Å². The van der Waals surface area contributed by atoms with E-state index in [1.807, 2.05) is 0 Å². The van der Waals surface area contributed by atoms with Crippen molar-refractivity contribution in [1.82, 2.24) is 25.4 Å². The fourth-order valence-corrected chi connectivity index (χ4v) is 4.02. The molecule has 14 heteroatoms. The van der Waals surface area contributed by atoms with Crippen LogP contribution in [0.3, 0.4) is 0 Å². The van der Waals surface area contributed by atoms with E-state index in [1.54, 1.807) is 12.1 Å². The first-order valence-electron chi connectivity index (χ1n) is 10.7. The number of hydrazine groups is 1. The summed E-state index contributed by atoms with van der Waals surface area (Å²) in [4.78, 5) is 33.0. The normalized spacial score (nSPS) is 17.6. The van der Waals surface area contributed by atoms with Crippen molar-refractivity contribution in [2.45, 2.75) is 31.1 Å². The first-order valence-corrected chi connectivity index (χ1v) is 11.1. The maximum Gasteiger partial charge on any atom is 0.437 e. The Balaban J connectivity index is 1.65. The molecule has 4 rings (SSSR count). The molecule has 0 aliphatic carbocycles. The average molecular weight is 535 g/mol. The van der Waals surface area contributed by atoms with Crippen molar-refractivity contribution in [3.05, 3.63) is 75.2 Å². The zero-order valence-corrected chi connectivity index (χ0v) is 19.8. The van der Waals surface area contributed by atoms with Gasteiger partial charge in [0.2, 0.25) is 11.7 Å². The summed E-state index contributed by atoms with van der Waals surface area (Å²) < 4.78 is 52.3. The Hall–Kier alpha value is -4.15. The van der Waals surface area contributed by atoms with Gasteiger partial charge in [0.1, 0.15) is 11.5 Å². The molecule has 1 amide bonds. The van der Waals surface area contributed by atoms with Gasteiger partial charge in [0.05, 0.1) is 37.2 Å². The van der Waals surface area contributed by atoms with E-state index in [0.29, 0.717) is 11.3 Å². The zero-order chi connectivity index (χ0) is 26.7. The minimum Gasteiger partial charge on any atom is -0.495 e. The molecule has 1 saturated heterocycles.